The van der Waals surface area contributed by atoms with Gasteiger partial charge in [0.05, 0.1) is 28.3 Å². The van der Waals surface area contributed by atoms with Crippen molar-refractivity contribution in [3.63, 3.8) is 0 Å². The van der Waals surface area contributed by atoms with E-state index in [1.807, 2.05) is 0 Å². The first kappa shape index (κ1) is 20.0. The fourth-order valence-corrected chi connectivity index (χ4v) is 4.72. The molecule has 1 heterocycles. The standard InChI is InChI=1S/C18H16ClNO7S/c1-26-18(23)12-2-4-15-11(8-12)6-7-20(15)28(24,25)13-3-5-16(14(19)9-13)27-10-17(21)22/h2-5,8-9H,6-7,10H2,1H3,(H,21,22). The Morgan fingerprint density at radius 2 is 1.96 bits per heavy atom. The molecule has 0 aliphatic carbocycles. The quantitative estimate of drug-likeness (QED) is 0.707. The number of benzene rings is 2. The van der Waals surface area contributed by atoms with Gasteiger partial charge in [0.1, 0.15) is 5.75 Å². The molecular weight excluding hydrogens is 410 g/mol. The summed E-state index contributed by atoms with van der Waals surface area (Å²) in [5.41, 5.74) is 1.55. The van der Waals surface area contributed by atoms with Crippen LogP contribution in [0.5, 0.6) is 5.75 Å². The van der Waals surface area contributed by atoms with Crippen LogP contribution in [0.2, 0.25) is 5.02 Å². The van der Waals surface area contributed by atoms with Crippen LogP contribution >= 0.6 is 11.6 Å². The molecule has 0 bridgehead atoms. The number of methoxy groups -OCH3 is 1. The van der Waals surface area contributed by atoms with Crippen LogP contribution in [-0.2, 0) is 26.0 Å². The molecule has 148 valence electrons. The fraction of sp³-hybridized carbons (Fsp3) is 0.222. The Labute approximate surface area is 166 Å². The molecule has 0 radical (unpaired) electrons. The lowest BCUT2D eigenvalue weighted by Gasteiger charge is -2.20. The third kappa shape index (κ3) is 3.76. The summed E-state index contributed by atoms with van der Waals surface area (Å²) < 4.78 is 37.0. The summed E-state index contributed by atoms with van der Waals surface area (Å²) in [6, 6.07) is 8.53. The lowest BCUT2D eigenvalue weighted by atomic mass is 10.1. The Balaban J connectivity index is 1.90. The Hall–Kier alpha value is -2.78. The molecule has 1 aliphatic rings. The first-order chi connectivity index (χ1) is 13.2. The smallest absolute Gasteiger partial charge is 0.341 e. The number of carbonyl (C=O) groups is 2. The van der Waals surface area contributed by atoms with Gasteiger partial charge in [-0.05, 0) is 48.4 Å². The van der Waals surface area contributed by atoms with Gasteiger partial charge in [-0.2, -0.15) is 0 Å². The first-order valence-corrected chi connectivity index (χ1v) is 9.94. The number of carbonyl (C=O) groups excluding carboxylic acids is 1. The summed E-state index contributed by atoms with van der Waals surface area (Å²) in [5, 5.41) is 8.64. The number of halogens is 1. The Bertz CT molecular complexity index is 1050. The maximum atomic E-state index is 13.0. The molecule has 0 spiro atoms. The lowest BCUT2D eigenvalue weighted by Crippen LogP contribution is -2.29. The number of nitrogens with zero attached hydrogens (tertiary/aromatic N) is 1. The maximum Gasteiger partial charge on any atom is 0.341 e. The molecule has 8 nitrogen and oxygen atoms in total. The highest BCUT2D eigenvalue weighted by Crippen LogP contribution is 2.35. The summed E-state index contributed by atoms with van der Waals surface area (Å²) in [6.45, 7) is -0.370. The molecule has 1 aliphatic heterocycles. The Kier molecular flexibility index (Phi) is 5.48. The van der Waals surface area contributed by atoms with Crippen molar-refractivity contribution in [2.24, 2.45) is 0 Å². The summed E-state index contributed by atoms with van der Waals surface area (Å²) in [5.74, 6) is -1.59. The molecule has 0 atom stereocenters. The monoisotopic (exact) mass is 425 g/mol. The number of aliphatic carboxylic acids is 1. The molecule has 10 heteroatoms. The molecule has 0 saturated carbocycles. The predicted octanol–water partition coefficient (Wildman–Crippen LogP) is 2.34. The summed E-state index contributed by atoms with van der Waals surface area (Å²) in [7, 11) is -2.62. The van der Waals surface area contributed by atoms with Crippen LogP contribution in [0.1, 0.15) is 15.9 Å². The average Bonchev–Trinajstić information content (AvgIpc) is 3.10. The zero-order chi connectivity index (χ0) is 20.5. The zero-order valence-corrected chi connectivity index (χ0v) is 16.3. The zero-order valence-electron chi connectivity index (χ0n) is 14.7. The van der Waals surface area contributed by atoms with E-state index in [-0.39, 0.29) is 22.2 Å². The van der Waals surface area contributed by atoms with Crippen molar-refractivity contribution in [2.75, 3.05) is 24.6 Å². The molecule has 0 amide bonds. The van der Waals surface area contributed by atoms with Crippen molar-refractivity contribution in [1.29, 1.82) is 0 Å². The Morgan fingerprint density at radius 3 is 2.61 bits per heavy atom. The van der Waals surface area contributed by atoms with E-state index in [2.05, 4.69) is 4.74 Å². The molecular formula is C18H16ClNO7S. The van der Waals surface area contributed by atoms with Gasteiger partial charge in [-0.1, -0.05) is 11.6 Å². The van der Waals surface area contributed by atoms with E-state index in [9.17, 15) is 18.0 Å². The van der Waals surface area contributed by atoms with E-state index in [0.29, 0.717) is 17.7 Å². The second kappa shape index (κ2) is 7.69. The number of rotatable bonds is 6. The molecule has 0 saturated heterocycles. The van der Waals surface area contributed by atoms with Gasteiger partial charge in [-0.3, -0.25) is 4.31 Å². The summed E-state index contributed by atoms with van der Waals surface area (Å²) in [6.07, 6.45) is 0.451. The third-order valence-electron chi connectivity index (χ3n) is 4.20. The van der Waals surface area contributed by atoms with Crippen LogP contribution in [0, 0.1) is 0 Å². The van der Waals surface area contributed by atoms with Crippen molar-refractivity contribution in [1.82, 2.24) is 0 Å². The average molecular weight is 426 g/mol. The number of hydrogen-bond acceptors (Lipinski definition) is 6. The van der Waals surface area contributed by atoms with E-state index in [0.717, 1.165) is 5.56 Å². The van der Waals surface area contributed by atoms with Crippen molar-refractivity contribution in [3.05, 3.63) is 52.5 Å². The lowest BCUT2D eigenvalue weighted by molar-refractivity contribution is -0.139. The number of esters is 1. The summed E-state index contributed by atoms with van der Waals surface area (Å²) >= 11 is 6.05. The molecule has 0 aromatic heterocycles. The van der Waals surface area contributed by atoms with Gasteiger partial charge in [0.2, 0.25) is 0 Å². The second-order valence-corrected chi connectivity index (χ2v) is 8.21. The van der Waals surface area contributed by atoms with Crippen LogP contribution in [-0.4, -0.2) is 45.7 Å². The minimum atomic E-state index is -3.90. The third-order valence-corrected chi connectivity index (χ3v) is 6.30. The molecule has 2 aromatic carbocycles. The van der Waals surface area contributed by atoms with Gasteiger partial charge in [0, 0.05) is 6.54 Å². The highest BCUT2D eigenvalue weighted by molar-refractivity contribution is 7.92. The van der Waals surface area contributed by atoms with Crippen molar-refractivity contribution < 1.29 is 32.6 Å². The second-order valence-electron chi connectivity index (χ2n) is 5.94. The molecule has 2 aromatic rings. The van der Waals surface area contributed by atoms with E-state index >= 15 is 0 Å². The minimum absolute atomic E-state index is 0.0113. The number of sulfonamides is 1. The largest absolute Gasteiger partial charge is 0.480 e. The molecule has 0 unspecified atom stereocenters. The minimum Gasteiger partial charge on any atom is -0.480 e. The highest BCUT2D eigenvalue weighted by atomic mass is 35.5. The number of fused-ring (bicyclic) bond motifs is 1. The fourth-order valence-electron chi connectivity index (χ4n) is 2.89. The van der Waals surface area contributed by atoms with Gasteiger partial charge in [-0.15, -0.1) is 0 Å². The molecule has 3 rings (SSSR count). The molecule has 28 heavy (non-hydrogen) atoms. The van der Waals surface area contributed by atoms with Gasteiger partial charge >= 0.3 is 11.9 Å². The number of ether oxygens (including phenoxy) is 2. The van der Waals surface area contributed by atoms with Gasteiger partial charge in [0.25, 0.3) is 10.0 Å². The number of carboxylic acids is 1. The van der Waals surface area contributed by atoms with Crippen molar-refractivity contribution in [3.8, 4) is 5.75 Å². The molecule has 0 fully saturated rings. The van der Waals surface area contributed by atoms with Crippen molar-refractivity contribution in [2.45, 2.75) is 11.3 Å². The summed E-state index contributed by atoms with van der Waals surface area (Å²) in [4.78, 5) is 22.2. The number of hydrogen-bond donors (Lipinski definition) is 1. The van der Waals surface area contributed by atoms with Gasteiger partial charge < -0.3 is 14.6 Å². The van der Waals surface area contributed by atoms with E-state index in [4.69, 9.17) is 21.4 Å². The highest BCUT2D eigenvalue weighted by Gasteiger charge is 2.32. The van der Waals surface area contributed by atoms with Crippen molar-refractivity contribution >= 4 is 39.3 Å². The van der Waals surface area contributed by atoms with Gasteiger partial charge in [0.15, 0.2) is 6.61 Å². The van der Waals surface area contributed by atoms with Crippen LogP contribution in [0.3, 0.4) is 0 Å². The topological polar surface area (TPSA) is 110 Å². The predicted molar refractivity (Wildman–Crippen MR) is 101 cm³/mol. The number of anilines is 1. The van der Waals surface area contributed by atoms with E-state index in [1.54, 1.807) is 12.1 Å². The van der Waals surface area contributed by atoms with Crippen LogP contribution < -0.4 is 9.04 Å². The maximum absolute atomic E-state index is 13.0. The van der Waals surface area contributed by atoms with Gasteiger partial charge in [-0.25, -0.2) is 18.0 Å². The van der Waals surface area contributed by atoms with E-state index in [1.165, 1.54) is 35.7 Å². The normalized spacial score (nSPS) is 13.1. The first-order valence-electron chi connectivity index (χ1n) is 8.12. The Morgan fingerprint density at radius 1 is 1.21 bits per heavy atom. The SMILES string of the molecule is COC(=O)c1ccc2c(c1)CCN2S(=O)(=O)c1ccc(OCC(=O)O)c(Cl)c1. The van der Waals surface area contributed by atoms with E-state index < -0.39 is 28.6 Å². The van der Waals surface area contributed by atoms with Crippen LogP contribution in [0.25, 0.3) is 0 Å². The van der Waals surface area contributed by atoms with Crippen LogP contribution in [0.15, 0.2) is 41.3 Å². The number of carboxylic acid groups (broad SMARTS) is 1. The molecule has 1 N–H and O–H groups in total. The van der Waals surface area contributed by atoms with Crippen LogP contribution in [0.4, 0.5) is 5.69 Å².